The predicted octanol–water partition coefficient (Wildman–Crippen LogP) is 0.758. The Bertz CT molecular complexity index is 680. The molecule has 3 rings (SSSR count). The lowest BCUT2D eigenvalue weighted by molar-refractivity contribution is -0.166. The SMILES string of the molecule is Cc1ccc(C(=O)N2CC3(CC[C@H](CNS(C)(=O)=O)CO3)C2)o1. The van der Waals surface area contributed by atoms with Gasteiger partial charge in [-0.2, -0.15) is 0 Å². The van der Waals surface area contributed by atoms with Crippen LogP contribution < -0.4 is 4.72 Å². The molecule has 2 aliphatic heterocycles. The van der Waals surface area contributed by atoms with Crippen LogP contribution in [0.3, 0.4) is 0 Å². The molecule has 7 nitrogen and oxygen atoms in total. The van der Waals surface area contributed by atoms with Crippen molar-refractivity contribution in [3.05, 3.63) is 23.7 Å². The summed E-state index contributed by atoms with van der Waals surface area (Å²) in [6.45, 7) is 3.87. The van der Waals surface area contributed by atoms with Crippen LogP contribution in [0.2, 0.25) is 0 Å². The molecule has 0 saturated carbocycles. The van der Waals surface area contributed by atoms with Gasteiger partial charge >= 0.3 is 0 Å². The lowest BCUT2D eigenvalue weighted by atomic mass is 9.83. The Morgan fingerprint density at radius 2 is 2.17 bits per heavy atom. The van der Waals surface area contributed by atoms with Gasteiger partial charge in [-0.25, -0.2) is 13.1 Å². The summed E-state index contributed by atoms with van der Waals surface area (Å²) in [6.07, 6.45) is 2.89. The van der Waals surface area contributed by atoms with Gasteiger partial charge in [0.15, 0.2) is 5.76 Å². The number of amides is 1. The first-order chi connectivity index (χ1) is 10.8. The van der Waals surface area contributed by atoms with E-state index in [4.69, 9.17) is 9.15 Å². The Labute approximate surface area is 136 Å². The molecule has 0 aliphatic carbocycles. The molecule has 1 spiro atoms. The second-order valence-corrected chi connectivity index (χ2v) is 8.42. The number of sulfonamides is 1. The van der Waals surface area contributed by atoms with Crippen LogP contribution >= 0.6 is 0 Å². The van der Waals surface area contributed by atoms with Crippen LogP contribution in [0.25, 0.3) is 0 Å². The van der Waals surface area contributed by atoms with Crippen molar-refractivity contribution in [1.82, 2.24) is 9.62 Å². The third-order valence-corrected chi connectivity index (χ3v) is 5.16. The van der Waals surface area contributed by atoms with E-state index in [1.807, 2.05) is 6.92 Å². The molecular formula is C15H22N2O5S. The van der Waals surface area contributed by atoms with E-state index in [2.05, 4.69) is 4.72 Å². The van der Waals surface area contributed by atoms with Crippen LogP contribution in [0.4, 0.5) is 0 Å². The van der Waals surface area contributed by atoms with E-state index in [9.17, 15) is 13.2 Å². The molecule has 23 heavy (non-hydrogen) atoms. The molecule has 1 N–H and O–H groups in total. The number of likely N-dealkylation sites (tertiary alicyclic amines) is 1. The molecule has 8 heteroatoms. The van der Waals surface area contributed by atoms with E-state index < -0.39 is 10.0 Å². The van der Waals surface area contributed by atoms with Crippen LogP contribution in [-0.2, 0) is 14.8 Å². The summed E-state index contributed by atoms with van der Waals surface area (Å²) in [4.78, 5) is 14.0. The Morgan fingerprint density at radius 3 is 2.70 bits per heavy atom. The second kappa shape index (κ2) is 5.92. The highest BCUT2D eigenvalue weighted by Gasteiger charge is 2.49. The van der Waals surface area contributed by atoms with Gasteiger partial charge in [0.2, 0.25) is 10.0 Å². The zero-order valence-corrected chi connectivity index (χ0v) is 14.2. The topological polar surface area (TPSA) is 88.9 Å². The summed E-state index contributed by atoms with van der Waals surface area (Å²) in [5.74, 6) is 1.17. The molecule has 2 saturated heterocycles. The van der Waals surface area contributed by atoms with Gasteiger partial charge in [-0.1, -0.05) is 0 Å². The number of carbonyl (C=O) groups excluding carboxylic acids is 1. The number of hydrogen-bond donors (Lipinski definition) is 1. The molecule has 1 atom stereocenters. The lowest BCUT2D eigenvalue weighted by Gasteiger charge is -2.52. The van der Waals surface area contributed by atoms with Gasteiger partial charge in [-0.05, 0) is 37.8 Å². The van der Waals surface area contributed by atoms with Gasteiger partial charge in [0.05, 0.1) is 26.0 Å². The maximum atomic E-state index is 12.2. The Hall–Kier alpha value is -1.38. The van der Waals surface area contributed by atoms with Crippen LogP contribution in [0.5, 0.6) is 0 Å². The van der Waals surface area contributed by atoms with Gasteiger partial charge < -0.3 is 14.1 Å². The average molecular weight is 342 g/mol. The summed E-state index contributed by atoms with van der Waals surface area (Å²) in [7, 11) is -3.16. The standard InChI is InChI=1S/C15H22N2O5S/c1-11-3-4-13(22-11)14(18)17-9-15(10-17)6-5-12(8-21-15)7-16-23(2,19)20/h3-4,12,16H,5-10H2,1-2H3/t12-/m1/s1. The molecule has 0 aromatic carbocycles. The minimum absolute atomic E-state index is 0.104. The number of carbonyl (C=O) groups is 1. The minimum Gasteiger partial charge on any atom is -0.456 e. The highest BCUT2D eigenvalue weighted by atomic mass is 32.2. The molecule has 2 fully saturated rings. The minimum atomic E-state index is -3.16. The molecular weight excluding hydrogens is 320 g/mol. The monoisotopic (exact) mass is 342 g/mol. The first kappa shape index (κ1) is 16.5. The third-order valence-electron chi connectivity index (χ3n) is 4.46. The van der Waals surface area contributed by atoms with Crippen molar-refractivity contribution in [2.75, 3.05) is 32.5 Å². The van der Waals surface area contributed by atoms with Crippen molar-refractivity contribution in [2.45, 2.75) is 25.4 Å². The molecule has 0 unspecified atom stereocenters. The van der Waals surface area contributed by atoms with E-state index in [-0.39, 0.29) is 17.4 Å². The molecule has 1 aromatic rings. The lowest BCUT2D eigenvalue weighted by Crippen LogP contribution is -2.66. The summed E-state index contributed by atoms with van der Waals surface area (Å²) in [5, 5.41) is 0. The van der Waals surface area contributed by atoms with Gasteiger partial charge in [0.1, 0.15) is 11.4 Å². The number of nitrogens with zero attached hydrogens (tertiary/aromatic N) is 1. The van der Waals surface area contributed by atoms with Gasteiger partial charge in [-0.3, -0.25) is 4.79 Å². The summed E-state index contributed by atoms with van der Waals surface area (Å²) < 4.78 is 36.1. The van der Waals surface area contributed by atoms with Crippen molar-refractivity contribution < 1.29 is 22.4 Å². The quantitative estimate of drug-likeness (QED) is 0.872. The Morgan fingerprint density at radius 1 is 1.43 bits per heavy atom. The van der Waals surface area contributed by atoms with E-state index >= 15 is 0 Å². The highest BCUT2D eigenvalue weighted by Crippen LogP contribution is 2.36. The maximum Gasteiger partial charge on any atom is 0.289 e. The molecule has 2 aliphatic rings. The fraction of sp³-hybridized carbons (Fsp3) is 0.667. The van der Waals surface area contributed by atoms with Crippen molar-refractivity contribution in [3.8, 4) is 0 Å². The molecule has 3 heterocycles. The number of aryl methyl sites for hydroxylation is 1. The van der Waals surface area contributed by atoms with Crippen molar-refractivity contribution in [1.29, 1.82) is 0 Å². The number of ether oxygens (including phenoxy) is 1. The van der Waals surface area contributed by atoms with Gasteiger partial charge in [0, 0.05) is 6.54 Å². The summed E-state index contributed by atoms with van der Waals surface area (Å²) in [6, 6.07) is 3.47. The van der Waals surface area contributed by atoms with Crippen molar-refractivity contribution >= 4 is 15.9 Å². The normalized spacial score (nSPS) is 23.7. The molecule has 0 bridgehead atoms. The largest absolute Gasteiger partial charge is 0.456 e. The van der Waals surface area contributed by atoms with Crippen molar-refractivity contribution in [3.63, 3.8) is 0 Å². The fourth-order valence-corrected chi connectivity index (χ4v) is 3.63. The molecule has 1 aromatic heterocycles. The predicted molar refractivity (Wildman–Crippen MR) is 83.6 cm³/mol. The van der Waals surface area contributed by atoms with E-state index in [1.54, 1.807) is 17.0 Å². The Balaban J connectivity index is 1.47. The summed E-state index contributed by atoms with van der Waals surface area (Å²) in [5.41, 5.74) is -0.265. The third kappa shape index (κ3) is 3.76. The van der Waals surface area contributed by atoms with E-state index in [0.717, 1.165) is 24.9 Å². The number of furan rings is 1. The van der Waals surface area contributed by atoms with Gasteiger partial charge in [-0.15, -0.1) is 0 Å². The number of hydrogen-bond acceptors (Lipinski definition) is 5. The maximum absolute atomic E-state index is 12.2. The first-order valence-electron chi connectivity index (χ1n) is 7.71. The van der Waals surface area contributed by atoms with Crippen molar-refractivity contribution in [2.24, 2.45) is 5.92 Å². The Kier molecular flexibility index (Phi) is 4.24. The highest BCUT2D eigenvalue weighted by molar-refractivity contribution is 7.88. The zero-order valence-electron chi connectivity index (χ0n) is 13.4. The first-order valence-corrected chi connectivity index (χ1v) is 9.60. The molecule has 1 amide bonds. The van der Waals surface area contributed by atoms with E-state index in [1.165, 1.54) is 0 Å². The number of nitrogens with one attached hydrogen (secondary N) is 1. The smallest absolute Gasteiger partial charge is 0.289 e. The number of rotatable bonds is 4. The average Bonchev–Trinajstić information content (AvgIpc) is 2.88. The molecule has 128 valence electrons. The fourth-order valence-electron chi connectivity index (χ4n) is 3.10. The second-order valence-electron chi connectivity index (χ2n) is 6.59. The zero-order chi connectivity index (χ0) is 16.7. The summed E-state index contributed by atoms with van der Waals surface area (Å²) >= 11 is 0. The van der Waals surface area contributed by atoms with Crippen LogP contribution in [-0.4, -0.2) is 57.3 Å². The van der Waals surface area contributed by atoms with Crippen LogP contribution in [0.1, 0.15) is 29.2 Å². The van der Waals surface area contributed by atoms with Crippen LogP contribution in [0, 0.1) is 12.8 Å². The molecule has 0 radical (unpaired) electrons. The van der Waals surface area contributed by atoms with Crippen LogP contribution in [0.15, 0.2) is 16.5 Å². The van der Waals surface area contributed by atoms with Gasteiger partial charge in [0.25, 0.3) is 5.91 Å². The van der Waals surface area contributed by atoms with E-state index in [0.29, 0.717) is 32.0 Å².